The lowest BCUT2D eigenvalue weighted by atomic mass is 10.2. The predicted octanol–water partition coefficient (Wildman–Crippen LogP) is 1.69. The highest BCUT2D eigenvalue weighted by Crippen LogP contribution is 2.28. The second kappa shape index (κ2) is 10.3. The van der Waals surface area contributed by atoms with Gasteiger partial charge in [-0.15, -0.1) is 0 Å². The molecular weight excluding hydrogens is 398 g/mol. The standard InChI is InChI=1S/C20H27NO7S/c1-4-21(16-10-11-29(24,25)14-16)19(22)13-28-20(23)9-7-15-6-8-17(27-5-2)18(12-15)26-3/h6-9,12,16H,4-5,10-11,13-14H2,1-3H3/b9-7+/t16-/m0/s1. The van der Waals surface area contributed by atoms with Crippen molar-refractivity contribution in [2.24, 2.45) is 0 Å². The summed E-state index contributed by atoms with van der Waals surface area (Å²) in [7, 11) is -1.57. The van der Waals surface area contributed by atoms with E-state index in [-0.39, 0.29) is 17.5 Å². The summed E-state index contributed by atoms with van der Waals surface area (Å²) in [5.74, 6) is 0.118. The number of sulfone groups is 1. The average molecular weight is 426 g/mol. The third-order valence-electron chi connectivity index (χ3n) is 4.55. The summed E-state index contributed by atoms with van der Waals surface area (Å²) in [5, 5.41) is 0. The van der Waals surface area contributed by atoms with E-state index in [1.807, 2.05) is 6.92 Å². The minimum atomic E-state index is -3.10. The maximum Gasteiger partial charge on any atom is 0.331 e. The van der Waals surface area contributed by atoms with Gasteiger partial charge < -0.3 is 19.1 Å². The van der Waals surface area contributed by atoms with Crippen LogP contribution in [0.25, 0.3) is 6.08 Å². The van der Waals surface area contributed by atoms with Crippen LogP contribution in [0.15, 0.2) is 24.3 Å². The molecule has 160 valence electrons. The first-order valence-corrected chi connectivity index (χ1v) is 11.3. The second-order valence-corrected chi connectivity index (χ2v) is 8.75. The normalized spacial score (nSPS) is 17.8. The van der Waals surface area contributed by atoms with Crippen LogP contribution in [0.2, 0.25) is 0 Å². The van der Waals surface area contributed by atoms with Gasteiger partial charge in [-0.3, -0.25) is 4.79 Å². The number of methoxy groups -OCH3 is 1. The van der Waals surface area contributed by atoms with Crippen molar-refractivity contribution in [2.75, 3.05) is 38.4 Å². The van der Waals surface area contributed by atoms with Crippen molar-refractivity contribution in [1.29, 1.82) is 0 Å². The van der Waals surface area contributed by atoms with Crippen LogP contribution in [0.3, 0.4) is 0 Å². The van der Waals surface area contributed by atoms with E-state index in [4.69, 9.17) is 14.2 Å². The summed E-state index contributed by atoms with van der Waals surface area (Å²) in [6, 6.07) is 4.87. The minimum absolute atomic E-state index is 0.0417. The topological polar surface area (TPSA) is 99.2 Å². The molecule has 29 heavy (non-hydrogen) atoms. The van der Waals surface area contributed by atoms with Crippen molar-refractivity contribution in [3.63, 3.8) is 0 Å². The largest absolute Gasteiger partial charge is 0.493 e. The quantitative estimate of drug-likeness (QED) is 0.438. The molecule has 1 aliphatic heterocycles. The van der Waals surface area contributed by atoms with Crippen molar-refractivity contribution in [2.45, 2.75) is 26.3 Å². The van der Waals surface area contributed by atoms with Gasteiger partial charge >= 0.3 is 5.97 Å². The van der Waals surface area contributed by atoms with Gasteiger partial charge in [0.15, 0.2) is 27.9 Å². The summed E-state index contributed by atoms with van der Waals surface area (Å²) in [4.78, 5) is 25.7. The maximum atomic E-state index is 12.3. The van der Waals surface area contributed by atoms with Crippen LogP contribution in [-0.2, 0) is 24.2 Å². The Kier molecular flexibility index (Phi) is 8.07. The molecule has 1 atom stereocenters. The summed E-state index contributed by atoms with van der Waals surface area (Å²) in [6.07, 6.45) is 3.18. The molecule has 2 rings (SSSR count). The van der Waals surface area contributed by atoms with Gasteiger partial charge in [0, 0.05) is 18.7 Å². The first kappa shape index (κ1) is 22.7. The van der Waals surface area contributed by atoms with Crippen molar-refractivity contribution in [3.05, 3.63) is 29.8 Å². The molecule has 1 amide bonds. The molecule has 0 saturated carbocycles. The van der Waals surface area contributed by atoms with E-state index in [1.165, 1.54) is 18.1 Å². The number of hydrogen-bond acceptors (Lipinski definition) is 7. The van der Waals surface area contributed by atoms with E-state index in [2.05, 4.69) is 0 Å². The number of nitrogens with zero attached hydrogens (tertiary/aromatic N) is 1. The number of carbonyl (C=O) groups is 2. The monoisotopic (exact) mass is 425 g/mol. The third kappa shape index (κ3) is 6.49. The lowest BCUT2D eigenvalue weighted by molar-refractivity contribution is -0.149. The molecule has 8 nitrogen and oxygen atoms in total. The van der Waals surface area contributed by atoms with Crippen LogP contribution in [0, 0.1) is 0 Å². The molecule has 0 aliphatic carbocycles. The highest BCUT2D eigenvalue weighted by Gasteiger charge is 2.34. The number of benzene rings is 1. The molecule has 0 spiro atoms. The van der Waals surface area contributed by atoms with Gasteiger partial charge in [-0.05, 0) is 44.0 Å². The van der Waals surface area contributed by atoms with E-state index < -0.39 is 28.3 Å². The van der Waals surface area contributed by atoms with Gasteiger partial charge in [0.2, 0.25) is 0 Å². The first-order valence-electron chi connectivity index (χ1n) is 9.45. The summed E-state index contributed by atoms with van der Waals surface area (Å²) < 4.78 is 39.0. The van der Waals surface area contributed by atoms with Gasteiger partial charge in [-0.2, -0.15) is 0 Å². The Labute approximate surface area is 171 Å². The van der Waals surface area contributed by atoms with Gasteiger partial charge in [-0.25, -0.2) is 13.2 Å². The third-order valence-corrected chi connectivity index (χ3v) is 6.30. The molecule has 1 aromatic rings. The fourth-order valence-corrected chi connectivity index (χ4v) is 4.88. The molecular formula is C20H27NO7S. The molecule has 0 bridgehead atoms. The highest BCUT2D eigenvalue weighted by molar-refractivity contribution is 7.91. The minimum Gasteiger partial charge on any atom is -0.493 e. The van der Waals surface area contributed by atoms with Crippen LogP contribution < -0.4 is 9.47 Å². The Morgan fingerprint density at radius 1 is 1.24 bits per heavy atom. The Morgan fingerprint density at radius 2 is 2.00 bits per heavy atom. The lowest BCUT2D eigenvalue weighted by Gasteiger charge is -2.26. The predicted molar refractivity (Wildman–Crippen MR) is 109 cm³/mol. The maximum absolute atomic E-state index is 12.3. The van der Waals surface area contributed by atoms with E-state index in [0.29, 0.717) is 36.6 Å². The summed E-state index contributed by atoms with van der Waals surface area (Å²) in [6.45, 7) is 4.08. The fraction of sp³-hybridized carbons (Fsp3) is 0.500. The molecule has 0 radical (unpaired) electrons. The summed E-state index contributed by atoms with van der Waals surface area (Å²) >= 11 is 0. The lowest BCUT2D eigenvalue weighted by Crippen LogP contribution is -2.43. The zero-order valence-electron chi connectivity index (χ0n) is 16.9. The van der Waals surface area contributed by atoms with E-state index >= 15 is 0 Å². The van der Waals surface area contributed by atoms with Crippen LogP contribution in [0.1, 0.15) is 25.8 Å². The van der Waals surface area contributed by atoms with E-state index in [0.717, 1.165) is 0 Å². The number of esters is 1. The molecule has 1 heterocycles. The van der Waals surface area contributed by atoms with Crippen LogP contribution in [0.5, 0.6) is 11.5 Å². The zero-order valence-corrected chi connectivity index (χ0v) is 17.7. The fourth-order valence-electron chi connectivity index (χ4n) is 3.15. The first-order chi connectivity index (χ1) is 13.8. The molecule has 1 aliphatic rings. The molecule has 9 heteroatoms. The number of rotatable bonds is 9. The molecule has 0 N–H and O–H groups in total. The van der Waals surface area contributed by atoms with Gasteiger partial charge in [-0.1, -0.05) is 6.07 Å². The van der Waals surface area contributed by atoms with Crippen molar-refractivity contribution >= 4 is 27.8 Å². The Hall–Kier alpha value is -2.55. The number of amides is 1. The van der Waals surface area contributed by atoms with Crippen molar-refractivity contribution < 1.29 is 32.2 Å². The molecule has 1 aromatic carbocycles. The number of hydrogen-bond donors (Lipinski definition) is 0. The van der Waals surface area contributed by atoms with Crippen LogP contribution in [-0.4, -0.2) is 69.6 Å². The smallest absolute Gasteiger partial charge is 0.331 e. The number of ether oxygens (including phenoxy) is 3. The van der Waals surface area contributed by atoms with Gasteiger partial charge in [0.05, 0.1) is 25.2 Å². The second-order valence-electron chi connectivity index (χ2n) is 6.52. The molecule has 0 aromatic heterocycles. The zero-order chi connectivity index (χ0) is 21.4. The average Bonchev–Trinajstić information content (AvgIpc) is 3.05. The van der Waals surface area contributed by atoms with Crippen LogP contribution in [0.4, 0.5) is 0 Å². The van der Waals surface area contributed by atoms with Crippen LogP contribution >= 0.6 is 0 Å². The van der Waals surface area contributed by atoms with E-state index in [1.54, 1.807) is 31.2 Å². The Morgan fingerprint density at radius 3 is 2.59 bits per heavy atom. The number of likely N-dealkylation sites (N-methyl/N-ethyl adjacent to an activating group) is 1. The van der Waals surface area contributed by atoms with Crippen molar-refractivity contribution in [1.82, 2.24) is 4.90 Å². The van der Waals surface area contributed by atoms with Gasteiger partial charge in [0.1, 0.15) is 0 Å². The molecule has 1 fully saturated rings. The molecule has 1 saturated heterocycles. The number of carbonyl (C=O) groups excluding carboxylic acids is 2. The molecule has 0 unspecified atom stereocenters. The summed E-state index contributed by atoms with van der Waals surface area (Å²) in [5.41, 5.74) is 0.708. The van der Waals surface area contributed by atoms with E-state index in [9.17, 15) is 18.0 Å². The SMILES string of the molecule is CCOc1ccc(/C=C/C(=O)OCC(=O)N(CC)[C@H]2CCS(=O)(=O)C2)cc1OC. The Balaban J connectivity index is 1.91. The van der Waals surface area contributed by atoms with Crippen molar-refractivity contribution in [3.8, 4) is 11.5 Å². The Bertz CT molecular complexity index is 864. The highest BCUT2D eigenvalue weighted by atomic mass is 32.2. The van der Waals surface area contributed by atoms with Gasteiger partial charge in [0.25, 0.3) is 5.91 Å².